The standard InChI is InChI=1S/C20H26N2O4/c1-22(17-5-6-18(23)21-19(17)24)16-4-2-3-15(13-16)14-7-9-20(10-8-14)25-11-12-26-20/h2-4,13-14,17H,5-12H2,1H3,(H,21,23,24)/t17-/m1/s1. The summed E-state index contributed by atoms with van der Waals surface area (Å²) >= 11 is 0. The zero-order valence-corrected chi connectivity index (χ0v) is 15.2. The van der Waals surface area contributed by atoms with Gasteiger partial charge in [-0.3, -0.25) is 14.9 Å². The van der Waals surface area contributed by atoms with Crippen molar-refractivity contribution >= 4 is 17.5 Å². The van der Waals surface area contributed by atoms with Crippen molar-refractivity contribution in [3.63, 3.8) is 0 Å². The average molecular weight is 358 g/mol. The number of imide groups is 1. The smallest absolute Gasteiger partial charge is 0.249 e. The Kier molecular flexibility index (Phi) is 4.71. The average Bonchev–Trinajstić information content (AvgIpc) is 3.10. The van der Waals surface area contributed by atoms with Crippen molar-refractivity contribution < 1.29 is 19.1 Å². The second-order valence-corrected chi connectivity index (χ2v) is 7.55. The summed E-state index contributed by atoms with van der Waals surface area (Å²) in [5, 5.41) is 2.44. The van der Waals surface area contributed by atoms with Crippen LogP contribution in [0.4, 0.5) is 5.69 Å². The van der Waals surface area contributed by atoms with E-state index >= 15 is 0 Å². The first-order chi connectivity index (χ1) is 12.6. The first-order valence-corrected chi connectivity index (χ1v) is 9.51. The lowest BCUT2D eigenvalue weighted by atomic mass is 9.81. The molecule has 1 saturated carbocycles. The van der Waals surface area contributed by atoms with E-state index in [4.69, 9.17) is 9.47 Å². The monoisotopic (exact) mass is 358 g/mol. The highest BCUT2D eigenvalue weighted by atomic mass is 16.7. The van der Waals surface area contributed by atoms with Crippen molar-refractivity contribution in [3.8, 4) is 0 Å². The third-order valence-corrected chi connectivity index (χ3v) is 5.99. The normalized spacial score (nSPS) is 26.1. The number of nitrogens with zero attached hydrogens (tertiary/aromatic N) is 1. The van der Waals surface area contributed by atoms with E-state index in [-0.39, 0.29) is 23.6 Å². The van der Waals surface area contributed by atoms with Crippen LogP contribution < -0.4 is 10.2 Å². The third-order valence-electron chi connectivity index (χ3n) is 5.99. The summed E-state index contributed by atoms with van der Waals surface area (Å²) in [5.41, 5.74) is 2.32. The quantitative estimate of drug-likeness (QED) is 0.840. The van der Waals surface area contributed by atoms with Crippen LogP contribution in [0.5, 0.6) is 0 Å². The highest BCUT2D eigenvalue weighted by Gasteiger charge is 2.40. The Balaban J connectivity index is 1.45. The number of rotatable bonds is 3. The largest absolute Gasteiger partial charge is 0.363 e. The van der Waals surface area contributed by atoms with E-state index in [0.717, 1.165) is 31.4 Å². The Morgan fingerprint density at radius 1 is 1.12 bits per heavy atom. The van der Waals surface area contributed by atoms with Gasteiger partial charge in [-0.25, -0.2) is 0 Å². The number of nitrogens with one attached hydrogen (secondary N) is 1. The number of carbonyl (C=O) groups is 2. The van der Waals surface area contributed by atoms with Gasteiger partial charge < -0.3 is 14.4 Å². The second-order valence-electron chi connectivity index (χ2n) is 7.55. The van der Waals surface area contributed by atoms with Gasteiger partial charge in [-0.05, 0) is 42.9 Å². The lowest BCUT2D eigenvalue weighted by Gasteiger charge is -2.36. The molecule has 2 heterocycles. The number of carbonyl (C=O) groups excluding carboxylic acids is 2. The van der Waals surface area contributed by atoms with Crippen molar-refractivity contribution in [2.24, 2.45) is 0 Å². The number of likely N-dealkylation sites (N-methyl/N-ethyl adjacent to an activating group) is 1. The number of hydrogen-bond donors (Lipinski definition) is 1. The van der Waals surface area contributed by atoms with Gasteiger partial charge in [0, 0.05) is 32.0 Å². The summed E-state index contributed by atoms with van der Waals surface area (Å²) in [4.78, 5) is 25.5. The van der Waals surface area contributed by atoms with Crippen molar-refractivity contribution in [2.75, 3.05) is 25.2 Å². The van der Waals surface area contributed by atoms with Crippen LogP contribution in [0.15, 0.2) is 24.3 Å². The summed E-state index contributed by atoms with van der Waals surface area (Å²) in [6.45, 7) is 1.41. The zero-order chi connectivity index (χ0) is 18.1. The molecule has 0 aromatic heterocycles. The molecular formula is C20H26N2O4. The minimum absolute atomic E-state index is 0.180. The Hall–Kier alpha value is -1.92. The highest BCUT2D eigenvalue weighted by molar-refractivity contribution is 6.01. The minimum Gasteiger partial charge on any atom is -0.363 e. The Morgan fingerprint density at radius 3 is 2.54 bits per heavy atom. The molecule has 2 saturated heterocycles. The number of amides is 2. The number of anilines is 1. The fourth-order valence-electron chi connectivity index (χ4n) is 4.41. The molecule has 6 nitrogen and oxygen atoms in total. The van der Waals surface area contributed by atoms with E-state index in [1.165, 1.54) is 5.56 Å². The van der Waals surface area contributed by atoms with Gasteiger partial charge in [0.25, 0.3) is 0 Å². The molecular weight excluding hydrogens is 332 g/mol. The highest BCUT2D eigenvalue weighted by Crippen LogP contribution is 2.42. The molecule has 1 atom stereocenters. The van der Waals surface area contributed by atoms with Crippen LogP contribution in [0.25, 0.3) is 0 Å². The number of piperidine rings is 1. The lowest BCUT2D eigenvalue weighted by molar-refractivity contribution is -0.178. The fraction of sp³-hybridized carbons (Fsp3) is 0.600. The van der Waals surface area contributed by atoms with Crippen LogP contribution in [0.1, 0.15) is 50.0 Å². The molecule has 1 spiro atoms. The Bertz CT molecular complexity index is 689. The van der Waals surface area contributed by atoms with Gasteiger partial charge in [0.05, 0.1) is 13.2 Å². The molecule has 0 radical (unpaired) electrons. The molecule has 2 amide bonds. The number of hydrogen-bond acceptors (Lipinski definition) is 5. The van der Waals surface area contributed by atoms with Crippen LogP contribution >= 0.6 is 0 Å². The second kappa shape index (κ2) is 7.00. The first kappa shape index (κ1) is 17.5. The fourth-order valence-corrected chi connectivity index (χ4v) is 4.41. The van der Waals surface area contributed by atoms with Crippen molar-refractivity contribution in [3.05, 3.63) is 29.8 Å². The zero-order valence-electron chi connectivity index (χ0n) is 15.2. The number of benzene rings is 1. The molecule has 4 rings (SSSR count). The van der Waals surface area contributed by atoms with Gasteiger partial charge >= 0.3 is 0 Å². The predicted octanol–water partition coefficient (Wildman–Crippen LogP) is 2.33. The maximum Gasteiger partial charge on any atom is 0.249 e. The predicted molar refractivity (Wildman–Crippen MR) is 96.9 cm³/mol. The summed E-state index contributed by atoms with van der Waals surface area (Å²) in [6, 6.07) is 8.14. The van der Waals surface area contributed by atoms with Crippen LogP contribution in [0, 0.1) is 0 Å². The molecule has 1 N–H and O–H groups in total. The minimum atomic E-state index is -0.336. The maximum absolute atomic E-state index is 12.1. The van der Waals surface area contributed by atoms with Crippen molar-refractivity contribution in [1.82, 2.24) is 5.32 Å². The molecule has 1 aromatic carbocycles. The number of ether oxygens (including phenoxy) is 2. The molecule has 0 unspecified atom stereocenters. The molecule has 1 aromatic rings. The Morgan fingerprint density at radius 2 is 1.85 bits per heavy atom. The van der Waals surface area contributed by atoms with Crippen LogP contribution in [-0.2, 0) is 19.1 Å². The molecule has 140 valence electrons. The van der Waals surface area contributed by atoms with Crippen LogP contribution in [0.2, 0.25) is 0 Å². The molecule has 3 aliphatic rings. The molecule has 2 aliphatic heterocycles. The Labute approximate surface area is 153 Å². The van der Waals surface area contributed by atoms with E-state index in [0.29, 0.717) is 32.0 Å². The van der Waals surface area contributed by atoms with Gasteiger partial charge in [-0.15, -0.1) is 0 Å². The summed E-state index contributed by atoms with van der Waals surface area (Å²) < 4.78 is 11.6. The van der Waals surface area contributed by atoms with Gasteiger partial charge in [-0.1, -0.05) is 12.1 Å². The van der Waals surface area contributed by atoms with Gasteiger partial charge in [0.15, 0.2) is 5.79 Å². The molecule has 3 fully saturated rings. The van der Waals surface area contributed by atoms with Crippen LogP contribution in [0.3, 0.4) is 0 Å². The van der Waals surface area contributed by atoms with E-state index in [2.05, 4.69) is 23.5 Å². The van der Waals surface area contributed by atoms with E-state index in [1.54, 1.807) is 0 Å². The summed E-state index contributed by atoms with van der Waals surface area (Å²) in [6.07, 6.45) is 4.92. The molecule has 1 aliphatic carbocycles. The van der Waals surface area contributed by atoms with Crippen LogP contribution in [-0.4, -0.2) is 43.9 Å². The third kappa shape index (κ3) is 3.35. The molecule has 6 heteroatoms. The van der Waals surface area contributed by atoms with E-state index in [1.807, 2.05) is 18.0 Å². The summed E-state index contributed by atoms with van der Waals surface area (Å²) in [5.74, 6) is -0.230. The van der Waals surface area contributed by atoms with E-state index < -0.39 is 0 Å². The maximum atomic E-state index is 12.1. The van der Waals surface area contributed by atoms with E-state index in [9.17, 15) is 9.59 Å². The van der Waals surface area contributed by atoms with Crippen molar-refractivity contribution in [2.45, 2.75) is 56.3 Å². The van der Waals surface area contributed by atoms with Gasteiger partial charge in [0.1, 0.15) is 6.04 Å². The molecule has 26 heavy (non-hydrogen) atoms. The van der Waals surface area contributed by atoms with Gasteiger partial charge in [-0.2, -0.15) is 0 Å². The van der Waals surface area contributed by atoms with Gasteiger partial charge in [0.2, 0.25) is 11.8 Å². The lowest BCUT2D eigenvalue weighted by Crippen LogP contribution is -2.51. The summed E-state index contributed by atoms with van der Waals surface area (Å²) in [7, 11) is 1.93. The first-order valence-electron chi connectivity index (χ1n) is 9.51. The molecule has 0 bridgehead atoms. The van der Waals surface area contributed by atoms with Crippen molar-refractivity contribution in [1.29, 1.82) is 0 Å². The topological polar surface area (TPSA) is 67.9 Å². The SMILES string of the molecule is CN(c1cccc(C2CCC3(CC2)OCCO3)c1)[C@@H]1CCC(=O)NC1=O.